The fourth-order valence-electron chi connectivity index (χ4n) is 5.32. The number of nitrogens with zero attached hydrogens (tertiary/aromatic N) is 4. The molecule has 33 heavy (non-hydrogen) atoms. The summed E-state index contributed by atoms with van der Waals surface area (Å²) in [5, 5.41) is 2.45. The molecule has 1 aromatic heterocycles. The second kappa shape index (κ2) is 7.50. The zero-order valence-corrected chi connectivity index (χ0v) is 19.5. The number of hydrogen-bond donors (Lipinski definition) is 0. The van der Waals surface area contributed by atoms with Crippen molar-refractivity contribution in [2.24, 2.45) is 0 Å². The molecule has 4 heterocycles. The Kier molecular flexibility index (Phi) is 4.78. The molecule has 7 nitrogen and oxygen atoms in total. The van der Waals surface area contributed by atoms with Crippen LogP contribution in [0.2, 0.25) is 5.02 Å². The molecule has 170 valence electrons. The maximum atomic E-state index is 14.1. The third kappa shape index (κ3) is 3.12. The van der Waals surface area contributed by atoms with Gasteiger partial charge in [0.1, 0.15) is 0 Å². The van der Waals surface area contributed by atoms with E-state index in [1.807, 2.05) is 36.4 Å². The van der Waals surface area contributed by atoms with Crippen molar-refractivity contribution in [3.8, 4) is 0 Å². The van der Waals surface area contributed by atoms with Gasteiger partial charge >= 0.3 is 0 Å². The standard InChI is InChI=1S/C24H23ClN4O3S/c25-19-7-6-18-15-28(33(31,32)27-9-3-10-27)16-24(21(18)12-19)8-11-29(23(24)30)22-14-26-13-17-4-1-2-5-20(17)22/h1-2,4-7,12-14H,3,8-11,15-16H2. The minimum absolute atomic E-state index is 0.104. The molecule has 1 amide bonds. The number of halogens is 1. The predicted molar refractivity (Wildman–Crippen MR) is 127 cm³/mol. The molecule has 0 N–H and O–H groups in total. The van der Waals surface area contributed by atoms with Crippen LogP contribution >= 0.6 is 11.6 Å². The maximum Gasteiger partial charge on any atom is 0.282 e. The number of anilines is 1. The van der Waals surface area contributed by atoms with E-state index in [4.69, 9.17) is 11.6 Å². The number of fused-ring (bicyclic) bond motifs is 3. The second-order valence-electron chi connectivity index (χ2n) is 9.00. The molecular weight excluding hydrogens is 460 g/mol. The third-order valence-electron chi connectivity index (χ3n) is 7.20. The molecule has 1 atom stereocenters. The first-order chi connectivity index (χ1) is 15.9. The van der Waals surface area contributed by atoms with Crippen LogP contribution in [0.15, 0.2) is 54.9 Å². The van der Waals surface area contributed by atoms with Crippen molar-refractivity contribution in [2.75, 3.05) is 31.1 Å². The first kappa shape index (κ1) is 21.0. The summed E-state index contributed by atoms with van der Waals surface area (Å²) in [5.41, 5.74) is 1.45. The highest BCUT2D eigenvalue weighted by atomic mass is 35.5. The van der Waals surface area contributed by atoms with Crippen LogP contribution in [-0.4, -0.2) is 54.1 Å². The quantitative estimate of drug-likeness (QED) is 0.574. The van der Waals surface area contributed by atoms with E-state index in [0.29, 0.717) is 31.1 Å². The first-order valence-electron chi connectivity index (χ1n) is 11.1. The highest BCUT2D eigenvalue weighted by Gasteiger charge is 2.55. The summed E-state index contributed by atoms with van der Waals surface area (Å²) in [4.78, 5) is 20.3. The lowest BCUT2D eigenvalue weighted by atomic mass is 9.74. The number of benzene rings is 2. The normalized spacial score (nSPS) is 23.8. The summed E-state index contributed by atoms with van der Waals surface area (Å²) in [6, 6.07) is 13.3. The SMILES string of the molecule is O=C1N(c2cncc3ccccc23)CCC12CN(S(=O)(=O)N1CCC1)Cc1ccc(Cl)cc12. The minimum atomic E-state index is -3.63. The zero-order valence-electron chi connectivity index (χ0n) is 17.9. The van der Waals surface area contributed by atoms with Crippen molar-refractivity contribution in [2.45, 2.75) is 24.8 Å². The van der Waals surface area contributed by atoms with Crippen LogP contribution in [-0.2, 0) is 27.0 Å². The molecule has 0 saturated carbocycles. The predicted octanol–water partition coefficient (Wildman–Crippen LogP) is 3.33. The Bertz CT molecular complexity index is 1390. The summed E-state index contributed by atoms with van der Waals surface area (Å²) < 4.78 is 29.6. The summed E-state index contributed by atoms with van der Waals surface area (Å²) in [5.74, 6) is -0.104. The Hall–Kier alpha value is -2.52. The van der Waals surface area contributed by atoms with Gasteiger partial charge in [-0.05, 0) is 36.1 Å². The van der Waals surface area contributed by atoms with Gasteiger partial charge in [-0.2, -0.15) is 17.0 Å². The first-order valence-corrected chi connectivity index (χ1v) is 12.9. The van der Waals surface area contributed by atoms with E-state index in [9.17, 15) is 13.2 Å². The zero-order chi connectivity index (χ0) is 22.8. The molecule has 1 unspecified atom stereocenters. The Labute approximate surface area is 197 Å². The van der Waals surface area contributed by atoms with Crippen molar-refractivity contribution >= 4 is 44.2 Å². The largest absolute Gasteiger partial charge is 0.309 e. The lowest BCUT2D eigenvalue weighted by Crippen LogP contribution is -2.57. The number of hydrogen-bond acceptors (Lipinski definition) is 4. The van der Waals surface area contributed by atoms with Crippen molar-refractivity contribution in [3.05, 3.63) is 71.0 Å². The summed E-state index contributed by atoms with van der Waals surface area (Å²) >= 11 is 6.35. The van der Waals surface area contributed by atoms with Crippen molar-refractivity contribution < 1.29 is 13.2 Å². The Balaban J connectivity index is 1.46. The Morgan fingerprint density at radius 3 is 2.61 bits per heavy atom. The van der Waals surface area contributed by atoms with Gasteiger partial charge in [-0.25, -0.2) is 0 Å². The highest BCUT2D eigenvalue weighted by Crippen LogP contribution is 2.46. The summed E-state index contributed by atoms with van der Waals surface area (Å²) in [7, 11) is -3.63. The Morgan fingerprint density at radius 1 is 1.00 bits per heavy atom. The Morgan fingerprint density at radius 2 is 1.82 bits per heavy atom. The van der Waals surface area contributed by atoms with Gasteiger partial charge in [-0.15, -0.1) is 0 Å². The van der Waals surface area contributed by atoms with E-state index in [2.05, 4.69) is 4.98 Å². The van der Waals surface area contributed by atoms with Crippen LogP contribution in [0.1, 0.15) is 24.0 Å². The average molecular weight is 483 g/mol. The van der Waals surface area contributed by atoms with E-state index in [0.717, 1.165) is 34.0 Å². The molecule has 3 aliphatic heterocycles. The molecule has 2 aromatic carbocycles. The smallest absolute Gasteiger partial charge is 0.282 e. The van der Waals surface area contributed by atoms with Crippen molar-refractivity contribution in [1.29, 1.82) is 0 Å². The van der Waals surface area contributed by atoms with Crippen molar-refractivity contribution in [1.82, 2.24) is 13.6 Å². The molecule has 6 rings (SSSR count). The summed E-state index contributed by atoms with van der Waals surface area (Å²) in [6.07, 6.45) is 4.88. The number of pyridine rings is 1. The fourth-order valence-corrected chi connectivity index (χ4v) is 7.22. The van der Waals surface area contributed by atoms with Gasteiger partial charge in [0.15, 0.2) is 0 Å². The van der Waals surface area contributed by atoms with Gasteiger partial charge in [0, 0.05) is 54.7 Å². The van der Waals surface area contributed by atoms with Crippen LogP contribution < -0.4 is 4.90 Å². The second-order valence-corrected chi connectivity index (χ2v) is 11.4. The van der Waals surface area contributed by atoms with Gasteiger partial charge in [0.05, 0.1) is 17.3 Å². The lowest BCUT2D eigenvalue weighted by molar-refractivity contribution is -0.122. The van der Waals surface area contributed by atoms with Crippen LogP contribution in [0.5, 0.6) is 0 Å². The van der Waals surface area contributed by atoms with E-state index in [-0.39, 0.29) is 19.0 Å². The average Bonchev–Trinajstić information content (AvgIpc) is 3.08. The number of aromatic nitrogens is 1. The van der Waals surface area contributed by atoms with Crippen LogP contribution in [0, 0.1) is 0 Å². The maximum absolute atomic E-state index is 14.1. The fraction of sp³-hybridized carbons (Fsp3) is 0.333. The van der Waals surface area contributed by atoms with E-state index < -0.39 is 15.6 Å². The molecule has 2 fully saturated rings. The van der Waals surface area contributed by atoms with Crippen LogP contribution in [0.4, 0.5) is 5.69 Å². The molecular formula is C24H23ClN4O3S. The number of carbonyl (C=O) groups excluding carboxylic acids is 1. The van der Waals surface area contributed by atoms with Crippen LogP contribution in [0.3, 0.4) is 0 Å². The monoisotopic (exact) mass is 482 g/mol. The van der Waals surface area contributed by atoms with Gasteiger partial charge in [0.2, 0.25) is 5.91 Å². The van der Waals surface area contributed by atoms with Gasteiger partial charge in [-0.3, -0.25) is 9.78 Å². The minimum Gasteiger partial charge on any atom is -0.309 e. The highest BCUT2D eigenvalue weighted by molar-refractivity contribution is 7.86. The van der Waals surface area contributed by atoms with Gasteiger partial charge in [-0.1, -0.05) is 41.9 Å². The molecule has 3 aromatic rings. The molecule has 2 saturated heterocycles. The molecule has 1 spiro atoms. The molecule has 9 heteroatoms. The molecule has 0 radical (unpaired) electrons. The molecule has 0 bridgehead atoms. The van der Waals surface area contributed by atoms with Gasteiger partial charge in [0.25, 0.3) is 10.2 Å². The number of rotatable bonds is 3. The topological polar surface area (TPSA) is 73.8 Å². The van der Waals surface area contributed by atoms with Crippen molar-refractivity contribution in [3.63, 3.8) is 0 Å². The van der Waals surface area contributed by atoms with E-state index >= 15 is 0 Å². The van der Waals surface area contributed by atoms with Gasteiger partial charge < -0.3 is 4.90 Å². The van der Waals surface area contributed by atoms with Crippen LogP contribution in [0.25, 0.3) is 10.8 Å². The number of carbonyl (C=O) groups is 1. The van der Waals surface area contributed by atoms with E-state index in [1.165, 1.54) is 8.61 Å². The summed E-state index contributed by atoms with van der Waals surface area (Å²) in [6.45, 7) is 1.91. The van der Waals surface area contributed by atoms with E-state index in [1.54, 1.807) is 23.4 Å². The molecule has 0 aliphatic carbocycles. The third-order valence-corrected chi connectivity index (χ3v) is 9.37. The number of amides is 1. The molecule has 3 aliphatic rings. The lowest BCUT2D eigenvalue weighted by Gasteiger charge is -2.43.